The Labute approximate surface area is 116 Å². The summed E-state index contributed by atoms with van der Waals surface area (Å²) in [6, 6.07) is 4.02. The van der Waals surface area contributed by atoms with Gasteiger partial charge >= 0.3 is 0 Å². The summed E-state index contributed by atoms with van der Waals surface area (Å²) in [4.78, 5) is 7.66. The minimum atomic E-state index is -2.86. The van der Waals surface area contributed by atoms with Crippen molar-refractivity contribution in [3.8, 4) is 0 Å². The van der Waals surface area contributed by atoms with Crippen LogP contribution >= 0.6 is 12.2 Å². The zero-order valence-corrected chi connectivity index (χ0v) is 12.2. The standard InChI is InChI=1S/C12H15N3O2S2/c1-8-2-3-10-11(13-8)15(12(18)14-10)9-4-6-19(16,17)7-5-9/h2-3,9H,4-7H2,1H3,(H,14,18). The number of nitrogens with zero attached hydrogens (tertiary/aromatic N) is 2. The van der Waals surface area contributed by atoms with Gasteiger partial charge in [-0.2, -0.15) is 0 Å². The van der Waals surface area contributed by atoms with Gasteiger partial charge in [-0.15, -0.1) is 0 Å². The van der Waals surface area contributed by atoms with E-state index in [9.17, 15) is 8.42 Å². The molecule has 1 fully saturated rings. The predicted octanol–water partition coefficient (Wildman–Crippen LogP) is 2.15. The van der Waals surface area contributed by atoms with Gasteiger partial charge in [-0.25, -0.2) is 13.4 Å². The first-order chi connectivity index (χ1) is 8.96. The van der Waals surface area contributed by atoms with Gasteiger partial charge in [0.15, 0.2) is 10.4 Å². The molecule has 1 aliphatic rings. The Kier molecular flexibility index (Phi) is 2.98. The summed E-state index contributed by atoms with van der Waals surface area (Å²) in [5, 5.41) is 0. The average molecular weight is 297 g/mol. The number of nitrogens with one attached hydrogen (secondary N) is 1. The number of imidazole rings is 1. The molecule has 0 amide bonds. The lowest BCUT2D eigenvalue weighted by Gasteiger charge is -2.23. The number of hydrogen-bond donors (Lipinski definition) is 1. The molecule has 0 aliphatic carbocycles. The van der Waals surface area contributed by atoms with Crippen LogP contribution in [0.5, 0.6) is 0 Å². The maximum atomic E-state index is 11.5. The second kappa shape index (κ2) is 4.42. The molecule has 7 heteroatoms. The van der Waals surface area contributed by atoms with Crippen LogP contribution in [0.3, 0.4) is 0 Å². The number of pyridine rings is 1. The zero-order chi connectivity index (χ0) is 13.6. The third kappa shape index (κ3) is 2.32. The smallest absolute Gasteiger partial charge is 0.179 e. The Hall–Kier alpha value is -1.21. The molecular formula is C12H15N3O2S2. The fraction of sp³-hybridized carbons (Fsp3) is 0.500. The highest BCUT2D eigenvalue weighted by atomic mass is 32.2. The number of sulfone groups is 1. The van der Waals surface area contributed by atoms with E-state index >= 15 is 0 Å². The number of aryl methyl sites for hydroxylation is 1. The van der Waals surface area contributed by atoms with Crippen molar-refractivity contribution in [3.63, 3.8) is 0 Å². The van der Waals surface area contributed by atoms with Gasteiger partial charge in [0.25, 0.3) is 0 Å². The first kappa shape index (κ1) is 12.8. The van der Waals surface area contributed by atoms with Crippen molar-refractivity contribution in [3.05, 3.63) is 22.6 Å². The van der Waals surface area contributed by atoms with E-state index in [0.29, 0.717) is 17.6 Å². The van der Waals surface area contributed by atoms with Crippen molar-refractivity contribution < 1.29 is 8.42 Å². The summed E-state index contributed by atoms with van der Waals surface area (Å²) in [6.07, 6.45) is 1.22. The summed E-state index contributed by atoms with van der Waals surface area (Å²) in [6.45, 7) is 1.94. The zero-order valence-electron chi connectivity index (χ0n) is 10.6. The van der Waals surface area contributed by atoms with Crippen LogP contribution < -0.4 is 0 Å². The van der Waals surface area contributed by atoms with Gasteiger partial charge in [0.2, 0.25) is 0 Å². The summed E-state index contributed by atoms with van der Waals surface area (Å²) in [5.74, 6) is 0.468. The molecule has 0 unspecified atom stereocenters. The van der Waals surface area contributed by atoms with Crippen LogP contribution in [-0.2, 0) is 9.84 Å². The third-order valence-electron chi connectivity index (χ3n) is 3.59. The molecule has 5 nitrogen and oxygen atoms in total. The molecule has 19 heavy (non-hydrogen) atoms. The van der Waals surface area contributed by atoms with E-state index in [4.69, 9.17) is 12.2 Å². The highest BCUT2D eigenvalue weighted by molar-refractivity contribution is 7.91. The van der Waals surface area contributed by atoms with Gasteiger partial charge in [0.05, 0.1) is 17.0 Å². The fourth-order valence-electron chi connectivity index (χ4n) is 2.57. The first-order valence-corrected chi connectivity index (χ1v) is 8.47. The van der Waals surface area contributed by atoms with Gasteiger partial charge in [0, 0.05) is 11.7 Å². The summed E-state index contributed by atoms with van der Waals surface area (Å²) in [7, 11) is -2.86. The lowest BCUT2D eigenvalue weighted by Crippen LogP contribution is -2.25. The Bertz CT molecular complexity index is 775. The first-order valence-electron chi connectivity index (χ1n) is 6.24. The van der Waals surface area contributed by atoms with Crippen molar-refractivity contribution in [2.45, 2.75) is 25.8 Å². The highest BCUT2D eigenvalue weighted by Crippen LogP contribution is 2.27. The normalized spacial score (nSPS) is 19.8. The quantitative estimate of drug-likeness (QED) is 0.819. The van der Waals surface area contributed by atoms with Crippen LogP contribution in [0.25, 0.3) is 11.2 Å². The van der Waals surface area contributed by atoms with Gasteiger partial charge < -0.3 is 4.98 Å². The van der Waals surface area contributed by atoms with Crippen LogP contribution in [-0.4, -0.2) is 34.5 Å². The molecule has 0 atom stereocenters. The number of rotatable bonds is 1. The molecule has 0 saturated carbocycles. The van der Waals surface area contributed by atoms with Crippen LogP contribution in [0.1, 0.15) is 24.6 Å². The largest absolute Gasteiger partial charge is 0.329 e. The van der Waals surface area contributed by atoms with E-state index in [-0.39, 0.29) is 17.5 Å². The molecule has 2 aromatic heterocycles. The minimum absolute atomic E-state index is 0.124. The summed E-state index contributed by atoms with van der Waals surface area (Å²) in [5.41, 5.74) is 2.66. The summed E-state index contributed by atoms with van der Waals surface area (Å²) >= 11 is 5.35. The molecule has 1 N–H and O–H groups in total. The van der Waals surface area contributed by atoms with E-state index < -0.39 is 9.84 Å². The SMILES string of the molecule is Cc1ccc2[nH]c(=S)n(C3CCS(=O)(=O)CC3)c2n1. The number of hydrogen-bond acceptors (Lipinski definition) is 4. The topological polar surface area (TPSA) is 67.8 Å². The second-order valence-corrected chi connectivity index (χ2v) is 7.70. The van der Waals surface area contributed by atoms with E-state index in [0.717, 1.165) is 16.9 Å². The molecule has 3 heterocycles. The molecule has 102 valence electrons. The fourth-order valence-corrected chi connectivity index (χ4v) is 4.38. The Morgan fingerprint density at radius 3 is 2.74 bits per heavy atom. The monoisotopic (exact) mass is 297 g/mol. The van der Waals surface area contributed by atoms with E-state index in [1.54, 1.807) is 0 Å². The number of aromatic amines is 1. The van der Waals surface area contributed by atoms with E-state index in [1.807, 2.05) is 23.6 Å². The molecule has 0 aromatic carbocycles. The Morgan fingerprint density at radius 2 is 2.05 bits per heavy atom. The van der Waals surface area contributed by atoms with Gasteiger partial charge in [0.1, 0.15) is 9.84 Å². The lowest BCUT2D eigenvalue weighted by molar-refractivity contribution is 0.453. The highest BCUT2D eigenvalue weighted by Gasteiger charge is 2.26. The molecule has 2 aromatic rings. The van der Waals surface area contributed by atoms with Crippen LogP contribution in [0, 0.1) is 11.7 Å². The minimum Gasteiger partial charge on any atom is -0.329 e. The predicted molar refractivity (Wildman–Crippen MR) is 76.6 cm³/mol. The molecule has 0 bridgehead atoms. The number of aromatic nitrogens is 3. The van der Waals surface area contributed by atoms with Crippen LogP contribution in [0.2, 0.25) is 0 Å². The van der Waals surface area contributed by atoms with Crippen molar-refractivity contribution in [1.82, 2.24) is 14.5 Å². The van der Waals surface area contributed by atoms with Gasteiger partial charge in [-0.1, -0.05) is 0 Å². The molecular weight excluding hydrogens is 282 g/mol. The van der Waals surface area contributed by atoms with Crippen molar-refractivity contribution in [2.75, 3.05) is 11.5 Å². The average Bonchev–Trinajstić information content (AvgIpc) is 2.65. The van der Waals surface area contributed by atoms with Crippen molar-refractivity contribution in [2.24, 2.45) is 0 Å². The second-order valence-electron chi connectivity index (χ2n) is 5.01. The van der Waals surface area contributed by atoms with Gasteiger partial charge in [-0.3, -0.25) is 4.57 Å². The van der Waals surface area contributed by atoms with Gasteiger partial charge in [-0.05, 0) is 44.1 Å². The Morgan fingerprint density at radius 1 is 1.37 bits per heavy atom. The summed E-state index contributed by atoms with van der Waals surface area (Å²) < 4.78 is 25.6. The van der Waals surface area contributed by atoms with Crippen molar-refractivity contribution >= 4 is 33.2 Å². The molecule has 0 spiro atoms. The molecule has 0 radical (unpaired) electrons. The van der Waals surface area contributed by atoms with Crippen molar-refractivity contribution in [1.29, 1.82) is 0 Å². The lowest BCUT2D eigenvalue weighted by atomic mass is 10.1. The Balaban J connectivity index is 2.08. The van der Waals surface area contributed by atoms with E-state index in [2.05, 4.69) is 9.97 Å². The third-order valence-corrected chi connectivity index (χ3v) is 5.61. The molecule has 3 rings (SSSR count). The van der Waals surface area contributed by atoms with Crippen LogP contribution in [0.15, 0.2) is 12.1 Å². The molecule has 1 aliphatic heterocycles. The maximum absolute atomic E-state index is 11.5. The van der Waals surface area contributed by atoms with E-state index in [1.165, 1.54) is 0 Å². The van der Waals surface area contributed by atoms with Crippen LogP contribution in [0.4, 0.5) is 0 Å². The maximum Gasteiger partial charge on any atom is 0.179 e. The molecule has 1 saturated heterocycles. The number of fused-ring (bicyclic) bond motifs is 1. The number of H-pyrrole nitrogens is 1.